The quantitative estimate of drug-likeness (QED) is 0.724. The summed E-state index contributed by atoms with van der Waals surface area (Å²) in [4.78, 5) is 14.1. The maximum atomic E-state index is 12.4. The van der Waals surface area contributed by atoms with Crippen LogP contribution >= 0.6 is 0 Å². The number of hydrogen-bond acceptors (Lipinski definition) is 5. The highest BCUT2D eigenvalue weighted by molar-refractivity contribution is 5.71. The molecular formula is C14H24N2O4. The Bertz CT molecular complexity index is 431. The van der Waals surface area contributed by atoms with Gasteiger partial charge in [0.05, 0.1) is 12.1 Å². The molecule has 3 heterocycles. The lowest BCUT2D eigenvalue weighted by Gasteiger charge is -2.30. The summed E-state index contributed by atoms with van der Waals surface area (Å²) >= 11 is 0. The summed E-state index contributed by atoms with van der Waals surface area (Å²) in [6, 6.07) is -0.274. The van der Waals surface area contributed by atoms with Crippen LogP contribution in [0.25, 0.3) is 0 Å². The lowest BCUT2D eigenvalue weighted by Crippen LogP contribution is -2.49. The molecule has 2 bridgehead atoms. The van der Waals surface area contributed by atoms with Crippen molar-refractivity contribution in [3.8, 4) is 0 Å². The number of carbonyl (C=O) groups is 1. The van der Waals surface area contributed by atoms with Crippen LogP contribution in [0.3, 0.4) is 0 Å². The first-order valence-corrected chi connectivity index (χ1v) is 7.22. The third kappa shape index (κ3) is 2.10. The van der Waals surface area contributed by atoms with Gasteiger partial charge in [-0.3, -0.25) is 4.90 Å². The summed E-state index contributed by atoms with van der Waals surface area (Å²) < 4.78 is 17.4. The molecule has 0 aromatic rings. The molecule has 114 valence electrons. The van der Waals surface area contributed by atoms with Gasteiger partial charge < -0.3 is 19.9 Å². The molecule has 0 radical (unpaired) electrons. The van der Waals surface area contributed by atoms with Crippen molar-refractivity contribution in [1.29, 1.82) is 0 Å². The average Bonchev–Trinajstić information content (AvgIpc) is 2.79. The molecule has 0 aromatic carbocycles. The summed E-state index contributed by atoms with van der Waals surface area (Å²) in [5.74, 6) is -0.601. The largest absolute Gasteiger partial charge is 0.444 e. The molecule has 3 aliphatic heterocycles. The molecule has 20 heavy (non-hydrogen) atoms. The van der Waals surface area contributed by atoms with E-state index < -0.39 is 11.4 Å². The van der Waals surface area contributed by atoms with Crippen molar-refractivity contribution in [2.45, 2.75) is 82.8 Å². The zero-order valence-corrected chi connectivity index (χ0v) is 12.8. The molecule has 6 heteroatoms. The van der Waals surface area contributed by atoms with Crippen LogP contribution in [0, 0.1) is 0 Å². The van der Waals surface area contributed by atoms with Crippen LogP contribution in [-0.4, -0.2) is 52.7 Å². The summed E-state index contributed by atoms with van der Waals surface area (Å²) in [5, 5.41) is 0. The van der Waals surface area contributed by atoms with E-state index in [1.165, 1.54) is 0 Å². The topological polar surface area (TPSA) is 74.0 Å². The average molecular weight is 284 g/mol. The molecule has 0 aliphatic carbocycles. The lowest BCUT2D eigenvalue weighted by molar-refractivity contribution is -0.162. The highest BCUT2D eigenvalue weighted by Gasteiger charge is 2.65. The molecular weight excluding hydrogens is 260 g/mol. The number of nitrogens with zero attached hydrogens (tertiary/aromatic N) is 1. The first kappa shape index (κ1) is 14.1. The molecule has 2 N–H and O–H groups in total. The third-order valence-corrected chi connectivity index (χ3v) is 4.11. The third-order valence-electron chi connectivity index (χ3n) is 4.11. The number of nitrogens with two attached hydrogens (primary N) is 1. The Morgan fingerprint density at radius 1 is 1.30 bits per heavy atom. The van der Waals surface area contributed by atoms with E-state index in [-0.39, 0.29) is 36.4 Å². The number of ether oxygens (including phenoxy) is 3. The zero-order valence-electron chi connectivity index (χ0n) is 12.8. The molecule has 0 saturated carbocycles. The van der Waals surface area contributed by atoms with Crippen molar-refractivity contribution in [1.82, 2.24) is 4.90 Å². The number of fused-ring (bicyclic) bond motifs is 5. The van der Waals surface area contributed by atoms with E-state index in [0.29, 0.717) is 0 Å². The second-order valence-corrected chi connectivity index (χ2v) is 7.41. The van der Waals surface area contributed by atoms with Crippen molar-refractivity contribution in [2.75, 3.05) is 0 Å². The van der Waals surface area contributed by atoms with Gasteiger partial charge in [0.25, 0.3) is 0 Å². The SMILES string of the molecule is CC(C)(C)OC(=O)N1[C@H]2[C@H]3OC(C)(C)O[C@H]3[C@@H]1C[C@@H]2N. The maximum absolute atomic E-state index is 12.4. The summed E-state index contributed by atoms with van der Waals surface area (Å²) in [7, 11) is 0. The smallest absolute Gasteiger partial charge is 0.411 e. The molecule has 3 fully saturated rings. The van der Waals surface area contributed by atoms with Gasteiger partial charge in [0.2, 0.25) is 0 Å². The predicted molar refractivity (Wildman–Crippen MR) is 72.1 cm³/mol. The van der Waals surface area contributed by atoms with E-state index in [2.05, 4.69) is 0 Å². The van der Waals surface area contributed by atoms with E-state index in [4.69, 9.17) is 19.9 Å². The maximum Gasteiger partial charge on any atom is 0.411 e. The fourth-order valence-corrected chi connectivity index (χ4v) is 3.60. The van der Waals surface area contributed by atoms with Gasteiger partial charge in [-0.05, 0) is 41.0 Å². The minimum absolute atomic E-state index is 0.0448. The molecule has 0 aromatic heterocycles. The molecule has 6 nitrogen and oxygen atoms in total. The standard InChI is InChI=1S/C14H24N2O4/c1-13(2,3)20-12(17)16-8-6-7(15)9(16)11-10(8)18-14(4,5)19-11/h7-11H,6,15H2,1-5H3/t7-,8-,9+,10-,11+/m0/s1. The van der Waals surface area contributed by atoms with Crippen LogP contribution in [0.15, 0.2) is 0 Å². The normalized spacial score (nSPS) is 41.9. The molecule has 0 unspecified atom stereocenters. The Balaban J connectivity index is 1.81. The van der Waals surface area contributed by atoms with Gasteiger partial charge in [-0.15, -0.1) is 0 Å². The molecule has 3 saturated heterocycles. The molecule has 0 spiro atoms. The number of rotatable bonds is 0. The van der Waals surface area contributed by atoms with Crippen molar-refractivity contribution < 1.29 is 19.0 Å². The van der Waals surface area contributed by atoms with Gasteiger partial charge in [0.15, 0.2) is 5.79 Å². The van der Waals surface area contributed by atoms with E-state index in [1.807, 2.05) is 34.6 Å². The first-order chi connectivity index (χ1) is 9.09. The summed E-state index contributed by atoms with van der Waals surface area (Å²) in [6.07, 6.45) is 0.179. The van der Waals surface area contributed by atoms with Crippen LogP contribution in [0.5, 0.6) is 0 Å². The summed E-state index contributed by atoms with van der Waals surface area (Å²) in [5.41, 5.74) is 5.66. The second kappa shape index (κ2) is 4.08. The van der Waals surface area contributed by atoms with E-state index in [1.54, 1.807) is 4.90 Å². The Morgan fingerprint density at radius 3 is 2.50 bits per heavy atom. The highest BCUT2D eigenvalue weighted by Crippen LogP contribution is 2.47. The Labute approximate surface area is 119 Å². The molecule has 3 aliphatic rings. The van der Waals surface area contributed by atoms with E-state index >= 15 is 0 Å². The highest BCUT2D eigenvalue weighted by atomic mass is 16.8. The van der Waals surface area contributed by atoms with Crippen molar-refractivity contribution in [2.24, 2.45) is 5.73 Å². The number of amides is 1. The minimum Gasteiger partial charge on any atom is -0.444 e. The van der Waals surface area contributed by atoms with Crippen molar-refractivity contribution in [3.63, 3.8) is 0 Å². The van der Waals surface area contributed by atoms with Crippen LogP contribution in [0.1, 0.15) is 41.0 Å². The van der Waals surface area contributed by atoms with Gasteiger partial charge in [0.1, 0.15) is 17.8 Å². The fraction of sp³-hybridized carbons (Fsp3) is 0.929. The number of hydrogen-bond donors (Lipinski definition) is 1. The Hall–Kier alpha value is -0.850. The Kier molecular flexibility index (Phi) is 2.88. The zero-order chi connectivity index (χ0) is 14.9. The number of carbonyl (C=O) groups excluding carboxylic acids is 1. The van der Waals surface area contributed by atoms with Gasteiger partial charge in [-0.1, -0.05) is 0 Å². The van der Waals surface area contributed by atoms with Crippen LogP contribution < -0.4 is 5.73 Å². The van der Waals surface area contributed by atoms with Crippen LogP contribution in [0.4, 0.5) is 4.79 Å². The molecule has 1 amide bonds. The van der Waals surface area contributed by atoms with Crippen LogP contribution in [-0.2, 0) is 14.2 Å². The molecule has 5 atom stereocenters. The molecule has 3 rings (SSSR count). The fourth-order valence-electron chi connectivity index (χ4n) is 3.60. The Morgan fingerprint density at radius 2 is 1.90 bits per heavy atom. The van der Waals surface area contributed by atoms with E-state index in [0.717, 1.165) is 6.42 Å². The van der Waals surface area contributed by atoms with Crippen LogP contribution in [0.2, 0.25) is 0 Å². The van der Waals surface area contributed by atoms with Gasteiger partial charge in [0, 0.05) is 6.04 Å². The van der Waals surface area contributed by atoms with Gasteiger partial charge in [-0.2, -0.15) is 0 Å². The predicted octanol–water partition coefficient (Wildman–Crippen LogP) is 1.23. The second-order valence-electron chi connectivity index (χ2n) is 7.41. The first-order valence-electron chi connectivity index (χ1n) is 7.22. The van der Waals surface area contributed by atoms with E-state index in [9.17, 15) is 4.79 Å². The monoisotopic (exact) mass is 284 g/mol. The lowest BCUT2D eigenvalue weighted by atomic mass is 9.91. The van der Waals surface area contributed by atoms with Crippen molar-refractivity contribution >= 4 is 6.09 Å². The van der Waals surface area contributed by atoms with Gasteiger partial charge in [-0.25, -0.2) is 4.79 Å². The summed E-state index contributed by atoms with van der Waals surface area (Å²) in [6.45, 7) is 9.38. The minimum atomic E-state index is -0.601. The van der Waals surface area contributed by atoms with Gasteiger partial charge >= 0.3 is 6.09 Å². The van der Waals surface area contributed by atoms with Crippen molar-refractivity contribution in [3.05, 3.63) is 0 Å².